The molecule has 5 nitrogen and oxygen atoms in total. The summed E-state index contributed by atoms with van der Waals surface area (Å²) in [4.78, 5) is 4.87. The van der Waals surface area contributed by atoms with Crippen molar-refractivity contribution < 1.29 is 14.2 Å². The third-order valence-electron chi connectivity index (χ3n) is 5.21. The van der Waals surface area contributed by atoms with Crippen molar-refractivity contribution >= 4 is 11.0 Å². The summed E-state index contributed by atoms with van der Waals surface area (Å²) >= 11 is 0. The molecule has 5 heteroatoms. The van der Waals surface area contributed by atoms with E-state index in [1.165, 1.54) is 5.56 Å². The maximum absolute atomic E-state index is 6.01. The molecule has 0 fully saturated rings. The number of nitrogens with zero attached hydrogens (tertiary/aromatic N) is 2. The first-order valence-electron chi connectivity index (χ1n) is 10.1. The molecule has 4 aromatic rings. The number of methoxy groups -OCH3 is 2. The van der Waals surface area contributed by atoms with Gasteiger partial charge in [0, 0.05) is 5.56 Å². The predicted octanol–water partition coefficient (Wildman–Crippen LogP) is 5.36. The maximum Gasteiger partial charge on any atom is 0.161 e. The van der Waals surface area contributed by atoms with Crippen LogP contribution in [-0.2, 0) is 13.0 Å². The van der Waals surface area contributed by atoms with Crippen LogP contribution in [0.5, 0.6) is 17.2 Å². The Labute approximate surface area is 176 Å². The fourth-order valence-electron chi connectivity index (χ4n) is 3.57. The Morgan fingerprint density at radius 3 is 2.37 bits per heavy atom. The number of imidazole rings is 1. The number of hydrogen-bond acceptors (Lipinski definition) is 4. The minimum absolute atomic E-state index is 0.548. The van der Waals surface area contributed by atoms with Crippen molar-refractivity contribution in [2.75, 3.05) is 20.8 Å². The number of para-hydroxylation sites is 2. The van der Waals surface area contributed by atoms with Crippen LogP contribution in [0.4, 0.5) is 0 Å². The quantitative estimate of drug-likeness (QED) is 0.398. The summed E-state index contributed by atoms with van der Waals surface area (Å²) < 4.78 is 19.1. The average Bonchev–Trinajstić information content (AvgIpc) is 3.17. The third-order valence-corrected chi connectivity index (χ3v) is 5.21. The summed E-state index contributed by atoms with van der Waals surface area (Å²) in [6.07, 6.45) is 1.02. The molecule has 4 rings (SSSR count). The molecule has 0 radical (unpaired) electrons. The van der Waals surface area contributed by atoms with Crippen molar-refractivity contribution in [2.45, 2.75) is 19.9 Å². The fourth-order valence-corrected chi connectivity index (χ4v) is 3.57. The van der Waals surface area contributed by atoms with E-state index in [9.17, 15) is 0 Å². The molecule has 30 heavy (non-hydrogen) atoms. The number of fused-ring (bicyclic) bond motifs is 1. The maximum atomic E-state index is 6.01. The first kappa shape index (κ1) is 19.8. The van der Waals surface area contributed by atoms with E-state index in [0.29, 0.717) is 24.7 Å². The lowest BCUT2D eigenvalue weighted by molar-refractivity contribution is 0.301. The Morgan fingerprint density at radius 2 is 1.63 bits per heavy atom. The highest BCUT2D eigenvalue weighted by molar-refractivity contribution is 5.81. The molecule has 0 aliphatic rings. The Morgan fingerprint density at radius 1 is 0.867 bits per heavy atom. The summed E-state index contributed by atoms with van der Waals surface area (Å²) in [5.41, 5.74) is 4.30. The second-order valence-corrected chi connectivity index (χ2v) is 6.99. The molecule has 0 atom stereocenters. The summed E-state index contributed by atoms with van der Waals surface area (Å²) in [6.45, 7) is 3.38. The van der Waals surface area contributed by atoms with Gasteiger partial charge in [0.2, 0.25) is 0 Å². The Bertz CT molecular complexity index is 1130. The molecule has 0 unspecified atom stereocenters. The standard InChI is InChI=1S/C25H26N2O3/c1-4-18-9-12-20(13-10-18)30-16-15-27-22-8-6-5-7-21(22)26-25(27)19-11-14-23(28-2)24(17-19)29-3/h5-14,17H,4,15-16H2,1-3H3. The zero-order chi connectivity index (χ0) is 20.9. The highest BCUT2D eigenvalue weighted by Crippen LogP contribution is 2.33. The van der Waals surface area contributed by atoms with Crippen LogP contribution in [0.3, 0.4) is 0 Å². The lowest BCUT2D eigenvalue weighted by atomic mass is 10.2. The van der Waals surface area contributed by atoms with Crippen LogP contribution < -0.4 is 14.2 Å². The lowest BCUT2D eigenvalue weighted by Gasteiger charge is -2.13. The van der Waals surface area contributed by atoms with Crippen LogP contribution in [0.1, 0.15) is 12.5 Å². The number of benzene rings is 3. The van der Waals surface area contributed by atoms with Crippen LogP contribution in [0.15, 0.2) is 66.7 Å². The lowest BCUT2D eigenvalue weighted by Crippen LogP contribution is -2.09. The molecule has 0 N–H and O–H groups in total. The van der Waals surface area contributed by atoms with Crippen molar-refractivity contribution in [3.8, 4) is 28.6 Å². The van der Waals surface area contributed by atoms with Gasteiger partial charge in [-0.1, -0.05) is 31.2 Å². The van der Waals surface area contributed by atoms with Crippen molar-refractivity contribution in [3.05, 3.63) is 72.3 Å². The van der Waals surface area contributed by atoms with E-state index >= 15 is 0 Å². The Hall–Kier alpha value is -3.47. The molecule has 0 aliphatic heterocycles. The number of rotatable bonds is 8. The van der Waals surface area contributed by atoms with Gasteiger partial charge in [-0.05, 0) is 54.4 Å². The predicted molar refractivity (Wildman–Crippen MR) is 120 cm³/mol. The topological polar surface area (TPSA) is 45.5 Å². The van der Waals surface area contributed by atoms with E-state index in [4.69, 9.17) is 19.2 Å². The SMILES string of the molecule is CCc1ccc(OCCn2c(-c3ccc(OC)c(OC)c3)nc3ccccc32)cc1. The van der Waals surface area contributed by atoms with E-state index in [1.807, 2.05) is 48.5 Å². The highest BCUT2D eigenvalue weighted by Gasteiger charge is 2.15. The monoisotopic (exact) mass is 402 g/mol. The minimum Gasteiger partial charge on any atom is -0.493 e. The third kappa shape index (κ3) is 3.96. The van der Waals surface area contributed by atoms with Gasteiger partial charge in [-0.3, -0.25) is 0 Å². The van der Waals surface area contributed by atoms with E-state index < -0.39 is 0 Å². The molecule has 1 heterocycles. The Balaban J connectivity index is 1.63. The number of ether oxygens (including phenoxy) is 3. The van der Waals surface area contributed by atoms with Gasteiger partial charge in [-0.15, -0.1) is 0 Å². The summed E-state index contributed by atoms with van der Waals surface area (Å²) in [5.74, 6) is 3.13. The average molecular weight is 402 g/mol. The van der Waals surface area contributed by atoms with Gasteiger partial charge >= 0.3 is 0 Å². The van der Waals surface area contributed by atoms with Gasteiger partial charge in [0.25, 0.3) is 0 Å². The first-order chi connectivity index (χ1) is 14.7. The summed E-state index contributed by atoms with van der Waals surface area (Å²) in [6, 6.07) is 22.3. The smallest absolute Gasteiger partial charge is 0.161 e. The first-order valence-corrected chi connectivity index (χ1v) is 10.1. The molecular weight excluding hydrogens is 376 g/mol. The molecular formula is C25H26N2O3. The number of hydrogen-bond donors (Lipinski definition) is 0. The fraction of sp³-hybridized carbons (Fsp3) is 0.240. The van der Waals surface area contributed by atoms with Crippen LogP contribution in [-0.4, -0.2) is 30.4 Å². The van der Waals surface area contributed by atoms with Gasteiger partial charge in [-0.25, -0.2) is 4.98 Å². The molecule has 1 aromatic heterocycles. The Kier molecular flexibility index (Phi) is 5.89. The summed E-state index contributed by atoms with van der Waals surface area (Å²) in [5, 5.41) is 0. The van der Waals surface area contributed by atoms with Crippen LogP contribution >= 0.6 is 0 Å². The number of aryl methyl sites for hydroxylation is 1. The van der Waals surface area contributed by atoms with Gasteiger partial charge < -0.3 is 18.8 Å². The minimum atomic E-state index is 0.548. The zero-order valence-electron chi connectivity index (χ0n) is 17.6. The number of aromatic nitrogens is 2. The normalized spacial score (nSPS) is 10.9. The molecule has 0 saturated carbocycles. The van der Waals surface area contributed by atoms with Crippen molar-refractivity contribution in [1.82, 2.24) is 9.55 Å². The molecule has 3 aromatic carbocycles. The van der Waals surface area contributed by atoms with Gasteiger partial charge in [0.15, 0.2) is 11.5 Å². The zero-order valence-corrected chi connectivity index (χ0v) is 17.6. The van der Waals surface area contributed by atoms with Gasteiger partial charge in [0.05, 0.1) is 31.8 Å². The summed E-state index contributed by atoms with van der Waals surface area (Å²) in [7, 11) is 3.28. The van der Waals surface area contributed by atoms with Gasteiger partial charge in [-0.2, -0.15) is 0 Å². The largest absolute Gasteiger partial charge is 0.493 e. The van der Waals surface area contributed by atoms with E-state index in [-0.39, 0.29) is 0 Å². The second-order valence-electron chi connectivity index (χ2n) is 6.99. The molecule has 0 amide bonds. The molecule has 0 bridgehead atoms. The van der Waals surface area contributed by atoms with Gasteiger partial charge in [0.1, 0.15) is 18.2 Å². The van der Waals surface area contributed by atoms with Crippen molar-refractivity contribution in [3.63, 3.8) is 0 Å². The van der Waals surface area contributed by atoms with E-state index in [1.54, 1.807) is 14.2 Å². The van der Waals surface area contributed by atoms with E-state index in [2.05, 4.69) is 29.7 Å². The molecule has 0 spiro atoms. The van der Waals surface area contributed by atoms with E-state index in [0.717, 1.165) is 34.6 Å². The highest BCUT2D eigenvalue weighted by atomic mass is 16.5. The van der Waals surface area contributed by atoms with Crippen LogP contribution in [0.25, 0.3) is 22.4 Å². The molecule has 0 saturated heterocycles. The second kappa shape index (κ2) is 8.91. The van der Waals surface area contributed by atoms with Crippen molar-refractivity contribution in [2.24, 2.45) is 0 Å². The molecule has 0 aliphatic carbocycles. The van der Waals surface area contributed by atoms with Crippen LogP contribution in [0.2, 0.25) is 0 Å². The van der Waals surface area contributed by atoms with Crippen LogP contribution in [0, 0.1) is 0 Å². The van der Waals surface area contributed by atoms with Crippen molar-refractivity contribution in [1.29, 1.82) is 0 Å². The molecule has 154 valence electrons.